The number of anilines is 1. The van der Waals surface area contributed by atoms with Crippen LogP contribution >= 0.6 is 11.3 Å². The number of morpholine rings is 1. The van der Waals surface area contributed by atoms with Crippen molar-refractivity contribution in [2.75, 3.05) is 31.6 Å². The molecule has 2 N–H and O–H groups in total. The summed E-state index contributed by atoms with van der Waals surface area (Å²) >= 11 is 1.40. The molecule has 0 bridgehead atoms. The number of carbonyl (C=O) groups is 2. The number of nitrogens with one attached hydrogen (secondary N) is 2. The Balaban J connectivity index is 1.61. The second-order valence-corrected chi connectivity index (χ2v) is 8.39. The summed E-state index contributed by atoms with van der Waals surface area (Å²) in [5.41, 5.74) is 2.38. The van der Waals surface area contributed by atoms with E-state index in [-0.39, 0.29) is 17.7 Å². The van der Waals surface area contributed by atoms with E-state index in [2.05, 4.69) is 20.5 Å². The molecule has 1 aromatic carbocycles. The zero-order chi connectivity index (χ0) is 20.8. The van der Waals surface area contributed by atoms with Crippen LogP contribution in [0, 0.1) is 12.8 Å². The van der Waals surface area contributed by atoms with Gasteiger partial charge in [0.1, 0.15) is 6.04 Å². The quantitative estimate of drug-likeness (QED) is 0.725. The number of hydrogen-bond acceptors (Lipinski definition) is 6. The van der Waals surface area contributed by atoms with Crippen molar-refractivity contribution in [1.82, 2.24) is 15.2 Å². The predicted octanol–water partition coefficient (Wildman–Crippen LogP) is 2.68. The summed E-state index contributed by atoms with van der Waals surface area (Å²) in [6.07, 6.45) is 0. The molecule has 7 nitrogen and oxygen atoms in total. The average Bonchev–Trinajstić information content (AvgIpc) is 3.13. The molecule has 0 spiro atoms. The number of nitrogens with zero attached hydrogens (tertiary/aromatic N) is 2. The molecule has 2 heterocycles. The Morgan fingerprint density at radius 2 is 1.97 bits per heavy atom. The average molecular weight is 417 g/mol. The number of rotatable bonds is 7. The first-order chi connectivity index (χ1) is 13.9. The fourth-order valence-corrected chi connectivity index (χ4v) is 3.89. The van der Waals surface area contributed by atoms with Crippen molar-refractivity contribution in [1.29, 1.82) is 0 Å². The molecule has 1 aromatic heterocycles. The van der Waals surface area contributed by atoms with Crippen LogP contribution in [0.4, 0.5) is 5.13 Å². The Bertz CT molecular complexity index is 846. The first kappa shape index (κ1) is 21.4. The van der Waals surface area contributed by atoms with Gasteiger partial charge in [-0.3, -0.25) is 14.5 Å². The van der Waals surface area contributed by atoms with E-state index in [0.717, 1.165) is 44.1 Å². The van der Waals surface area contributed by atoms with E-state index < -0.39 is 6.04 Å². The van der Waals surface area contributed by atoms with E-state index in [1.807, 2.05) is 44.4 Å². The normalized spacial score (nSPS) is 15.9. The van der Waals surface area contributed by atoms with Gasteiger partial charge in [-0.1, -0.05) is 32.0 Å². The second kappa shape index (κ2) is 9.96. The molecule has 1 atom stereocenters. The second-order valence-electron chi connectivity index (χ2n) is 7.53. The Kier molecular flexibility index (Phi) is 7.35. The fourth-order valence-electron chi connectivity index (χ4n) is 3.19. The van der Waals surface area contributed by atoms with Gasteiger partial charge in [-0.25, -0.2) is 4.98 Å². The number of amides is 2. The summed E-state index contributed by atoms with van der Waals surface area (Å²) < 4.78 is 5.36. The van der Waals surface area contributed by atoms with Crippen molar-refractivity contribution in [3.05, 3.63) is 46.5 Å². The number of benzene rings is 1. The Labute approximate surface area is 175 Å². The Hall–Kier alpha value is -2.29. The molecule has 1 fully saturated rings. The minimum Gasteiger partial charge on any atom is -0.379 e. The van der Waals surface area contributed by atoms with Gasteiger partial charge in [0, 0.05) is 30.6 Å². The van der Waals surface area contributed by atoms with Gasteiger partial charge in [-0.05, 0) is 24.5 Å². The Morgan fingerprint density at radius 1 is 1.24 bits per heavy atom. The summed E-state index contributed by atoms with van der Waals surface area (Å²) in [4.78, 5) is 32.3. The van der Waals surface area contributed by atoms with Crippen LogP contribution in [0.3, 0.4) is 0 Å². The third-order valence-corrected chi connectivity index (χ3v) is 5.70. The van der Waals surface area contributed by atoms with Gasteiger partial charge in [0.25, 0.3) is 5.91 Å². The Morgan fingerprint density at radius 3 is 2.66 bits per heavy atom. The van der Waals surface area contributed by atoms with Crippen LogP contribution in [-0.2, 0) is 16.1 Å². The molecule has 2 aromatic rings. The van der Waals surface area contributed by atoms with Gasteiger partial charge in [-0.15, -0.1) is 11.3 Å². The van der Waals surface area contributed by atoms with Crippen LogP contribution in [-0.4, -0.2) is 54.0 Å². The molecule has 1 aliphatic rings. The number of thiazole rings is 1. The predicted molar refractivity (Wildman–Crippen MR) is 114 cm³/mol. The number of aryl methyl sites for hydroxylation is 1. The lowest BCUT2D eigenvalue weighted by molar-refractivity contribution is -0.118. The van der Waals surface area contributed by atoms with E-state index in [9.17, 15) is 9.59 Å². The zero-order valence-corrected chi connectivity index (χ0v) is 17.9. The summed E-state index contributed by atoms with van der Waals surface area (Å²) in [6, 6.07) is 6.70. The summed E-state index contributed by atoms with van der Waals surface area (Å²) in [5.74, 6) is -0.561. The van der Waals surface area contributed by atoms with Gasteiger partial charge in [0.05, 0.1) is 18.9 Å². The minimum atomic E-state index is -0.645. The largest absolute Gasteiger partial charge is 0.379 e. The van der Waals surface area contributed by atoms with Crippen molar-refractivity contribution >= 4 is 28.3 Å². The third kappa shape index (κ3) is 5.85. The van der Waals surface area contributed by atoms with Crippen LogP contribution in [0.1, 0.15) is 35.5 Å². The highest BCUT2D eigenvalue weighted by Crippen LogP contribution is 2.18. The third-order valence-electron chi connectivity index (χ3n) is 4.90. The minimum absolute atomic E-state index is 0.0595. The maximum Gasteiger partial charge on any atom is 0.252 e. The highest BCUT2D eigenvalue weighted by atomic mass is 32.1. The first-order valence-corrected chi connectivity index (χ1v) is 10.7. The van der Waals surface area contributed by atoms with E-state index in [0.29, 0.717) is 10.7 Å². The summed E-state index contributed by atoms with van der Waals surface area (Å²) in [5, 5.41) is 8.24. The number of hydrogen-bond donors (Lipinski definition) is 2. The molecule has 1 aliphatic heterocycles. The molecule has 2 amide bonds. The highest BCUT2D eigenvalue weighted by Gasteiger charge is 2.26. The molecular weight excluding hydrogens is 388 g/mol. The van der Waals surface area contributed by atoms with Crippen molar-refractivity contribution in [2.24, 2.45) is 5.92 Å². The molecule has 8 heteroatoms. The number of carbonyl (C=O) groups excluding carboxylic acids is 2. The van der Waals surface area contributed by atoms with Crippen LogP contribution < -0.4 is 10.6 Å². The molecule has 3 rings (SSSR count). The van der Waals surface area contributed by atoms with Gasteiger partial charge < -0.3 is 15.4 Å². The van der Waals surface area contributed by atoms with Gasteiger partial charge >= 0.3 is 0 Å². The lowest BCUT2D eigenvalue weighted by Crippen LogP contribution is -2.47. The lowest BCUT2D eigenvalue weighted by atomic mass is 10.0. The first-order valence-electron chi connectivity index (χ1n) is 9.86. The SMILES string of the molecule is Cc1ccccc1C(=O)NC(C(=O)Nc1nc(CN2CCOCC2)cs1)C(C)C. The van der Waals surface area contributed by atoms with Gasteiger partial charge in [0.2, 0.25) is 5.91 Å². The highest BCUT2D eigenvalue weighted by molar-refractivity contribution is 7.13. The molecule has 29 heavy (non-hydrogen) atoms. The lowest BCUT2D eigenvalue weighted by Gasteiger charge is -2.25. The summed E-state index contributed by atoms with van der Waals surface area (Å²) in [6.45, 7) is 9.70. The van der Waals surface area contributed by atoms with Crippen LogP contribution in [0.2, 0.25) is 0 Å². The standard InChI is InChI=1S/C21H28N4O3S/c1-14(2)18(23-19(26)17-7-5-4-6-15(17)3)20(27)24-21-22-16(13-29-21)12-25-8-10-28-11-9-25/h4-7,13-14,18H,8-12H2,1-3H3,(H,23,26)(H,22,24,27). The van der Waals surface area contributed by atoms with Crippen LogP contribution in [0.5, 0.6) is 0 Å². The van der Waals surface area contributed by atoms with Crippen molar-refractivity contribution in [3.8, 4) is 0 Å². The molecule has 1 saturated heterocycles. The van der Waals surface area contributed by atoms with E-state index in [4.69, 9.17) is 4.74 Å². The van der Waals surface area contributed by atoms with E-state index >= 15 is 0 Å². The molecule has 0 saturated carbocycles. The molecule has 0 radical (unpaired) electrons. The van der Waals surface area contributed by atoms with Gasteiger partial charge in [-0.2, -0.15) is 0 Å². The topological polar surface area (TPSA) is 83.6 Å². The van der Waals surface area contributed by atoms with E-state index in [1.165, 1.54) is 11.3 Å². The van der Waals surface area contributed by atoms with Crippen molar-refractivity contribution in [3.63, 3.8) is 0 Å². The number of ether oxygens (including phenoxy) is 1. The summed E-state index contributed by atoms with van der Waals surface area (Å²) in [7, 11) is 0. The van der Waals surface area contributed by atoms with Crippen molar-refractivity contribution in [2.45, 2.75) is 33.4 Å². The molecule has 1 unspecified atom stereocenters. The smallest absolute Gasteiger partial charge is 0.252 e. The molecular formula is C21H28N4O3S. The zero-order valence-electron chi connectivity index (χ0n) is 17.1. The number of aromatic nitrogens is 1. The maximum atomic E-state index is 12.8. The van der Waals surface area contributed by atoms with Gasteiger partial charge in [0.15, 0.2) is 5.13 Å². The van der Waals surface area contributed by atoms with Crippen LogP contribution in [0.25, 0.3) is 0 Å². The van der Waals surface area contributed by atoms with E-state index in [1.54, 1.807) is 6.07 Å². The maximum absolute atomic E-state index is 12.8. The molecule has 156 valence electrons. The monoisotopic (exact) mass is 416 g/mol. The van der Waals surface area contributed by atoms with Crippen molar-refractivity contribution < 1.29 is 14.3 Å². The fraction of sp³-hybridized carbons (Fsp3) is 0.476. The molecule has 0 aliphatic carbocycles. The van der Waals surface area contributed by atoms with Crippen LogP contribution in [0.15, 0.2) is 29.6 Å².